The molecule has 0 radical (unpaired) electrons. The maximum Gasteiger partial charge on any atom is 0.266 e. The van der Waals surface area contributed by atoms with E-state index in [4.69, 9.17) is 15.9 Å². The van der Waals surface area contributed by atoms with E-state index in [0.29, 0.717) is 33.8 Å². The zero-order valence-corrected chi connectivity index (χ0v) is 18.1. The molecule has 0 fully saturated rings. The minimum absolute atomic E-state index is 0.0552. The summed E-state index contributed by atoms with van der Waals surface area (Å²) in [6, 6.07) is 12.4. The maximum atomic E-state index is 12.5. The fourth-order valence-corrected chi connectivity index (χ4v) is 3.07. The second-order valence-corrected chi connectivity index (χ2v) is 7.15. The van der Waals surface area contributed by atoms with Crippen LogP contribution in [-0.4, -0.2) is 19.1 Å². The van der Waals surface area contributed by atoms with E-state index in [-0.39, 0.29) is 12.2 Å². The fraction of sp³-hybridized carbons (Fsp3) is 0.143. The van der Waals surface area contributed by atoms with Gasteiger partial charge in [0.25, 0.3) is 5.91 Å². The Labute approximate surface area is 180 Å². The lowest BCUT2D eigenvalue weighted by Gasteiger charge is -2.13. The van der Waals surface area contributed by atoms with Gasteiger partial charge in [-0.05, 0) is 48.9 Å². The summed E-state index contributed by atoms with van der Waals surface area (Å²) < 4.78 is 12.5. The van der Waals surface area contributed by atoms with Gasteiger partial charge in [0.15, 0.2) is 11.5 Å². The minimum atomic E-state index is -0.516. The van der Waals surface area contributed by atoms with Gasteiger partial charge in [-0.2, -0.15) is 5.26 Å². The summed E-state index contributed by atoms with van der Waals surface area (Å²) >= 11 is 6.77. The lowest BCUT2D eigenvalue weighted by molar-refractivity contribution is -0.112. The molecule has 0 aliphatic rings. The molecule has 1 N–H and O–H groups in total. The lowest BCUT2D eigenvalue weighted by Crippen LogP contribution is -2.13. The molecule has 0 heterocycles. The van der Waals surface area contributed by atoms with Crippen molar-refractivity contribution in [1.82, 2.24) is 0 Å². The van der Waals surface area contributed by atoms with Crippen LogP contribution < -0.4 is 14.8 Å². The molecule has 0 saturated heterocycles. The summed E-state index contributed by atoms with van der Waals surface area (Å²) in [6.45, 7) is 2.36. The third-order valence-corrected chi connectivity index (χ3v) is 4.60. The molecule has 1 amide bonds. The van der Waals surface area contributed by atoms with Crippen LogP contribution in [0.5, 0.6) is 11.5 Å². The van der Waals surface area contributed by atoms with Crippen LogP contribution >= 0.6 is 31.9 Å². The van der Waals surface area contributed by atoms with Crippen molar-refractivity contribution >= 4 is 49.5 Å². The molecule has 0 aliphatic heterocycles. The number of carbonyl (C=O) groups excluding carboxylic acids is 1. The molecule has 142 valence electrons. The summed E-state index contributed by atoms with van der Waals surface area (Å²) in [7, 11) is 0. The number of hydrogen-bond donors (Lipinski definition) is 1. The molecule has 2 rings (SSSR count). The standard InChI is InChI=1S/C21H16Br2N2O3/c1-3-8-28-20-12-18(23)14(10-19(20)27-4-2)9-15(13-24)21(26)25-17-7-5-6-16(22)11-17/h1,5-7,9-12H,4,8H2,2H3,(H,25,26)/b15-9-. The molecular weight excluding hydrogens is 488 g/mol. The number of amides is 1. The number of nitrogens with zero attached hydrogens (tertiary/aromatic N) is 1. The van der Waals surface area contributed by atoms with Crippen LogP contribution in [0.1, 0.15) is 12.5 Å². The number of nitriles is 1. The van der Waals surface area contributed by atoms with E-state index in [0.717, 1.165) is 4.47 Å². The van der Waals surface area contributed by atoms with Crippen LogP contribution in [0.2, 0.25) is 0 Å². The Morgan fingerprint density at radius 3 is 2.64 bits per heavy atom. The molecule has 7 heteroatoms. The highest BCUT2D eigenvalue weighted by Crippen LogP contribution is 2.35. The second-order valence-electron chi connectivity index (χ2n) is 5.38. The van der Waals surface area contributed by atoms with Gasteiger partial charge in [-0.25, -0.2) is 0 Å². The smallest absolute Gasteiger partial charge is 0.266 e. The maximum absolute atomic E-state index is 12.5. The Morgan fingerprint density at radius 2 is 2.00 bits per heavy atom. The molecule has 28 heavy (non-hydrogen) atoms. The molecule has 0 aromatic heterocycles. The van der Waals surface area contributed by atoms with Crippen molar-refractivity contribution in [3.05, 3.63) is 56.5 Å². The van der Waals surface area contributed by atoms with Crippen molar-refractivity contribution in [3.8, 4) is 29.9 Å². The fourth-order valence-electron chi connectivity index (χ4n) is 2.23. The van der Waals surface area contributed by atoms with Crippen molar-refractivity contribution < 1.29 is 14.3 Å². The topological polar surface area (TPSA) is 71.3 Å². The Hall–Kier alpha value is -2.74. The summed E-state index contributed by atoms with van der Waals surface area (Å²) in [6.07, 6.45) is 6.71. The average Bonchev–Trinajstić information content (AvgIpc) is 2.66. The van der Waals surface area contributed by atoms with Gasteiger partial charge in [0.1, 0.15) is 18.2 Å². The summed E-state index contributed by atoms with van der Waals surface area (Å²) in [5.74, 6) is 2.83. The van der Waals surface area contributed by atoms with E-state index in [9.17, 15) is 10.1 Å². The number of nitrogens with one attached hydrogen (secondary N) is 1. The molecule has 0 unspecified atom stereocenters. The molecule has 2 aromatic rings. The van der Waals surface area contributed by atoms with Gasteiger partial charge in [-0.3, -0.25) is 4.79 Å². The van der Waals surface area contributed by atoms with E-state index in [1.807, 2.05) is 19.1 Å². The highest BCUT2D eigenvalue weighted by Gasteiger charge is 2.14. The summed E-state index contributed by atoms with van der Waals surface area (Å²) in [5.41, 5.74) is 1.12. The van der Waals surface area contributed by atoms with E-state index < -0.39 is 5.91 Å². The van der Waals surface area contributed by atoms with Crippen LogP contribution in [0.15, 0.2) is 50.9 Å². The zero-order valence-electron chi connectivity index (χ0n) is 15.0. The quantitative estimate of drug-likeness (QED) is 0.321. The van der Waals surface area contributed by atoms with Crippen LogP contribution in [0.25, 0.3) is 6.08 Å². The van der Waals surface area contributed by atoms with Gasteiger partial charge in [-0.1, -0.05) is 43.8 Å². The third kappa shape index (κ3) is 5.88. The lowest BCUT2D eigenvalue weighted by atomic mass is 10.1. The third-order valence-electron chi connectivity index (χ3n) is 3.42. The molecule has 0 bridgehead atoms. The van der Waals surface area contributed by atoms with Crippen molar-refractivity contribution in [2.75, 3.05) is 18.5 Å². The zero-order chi connectivity index (χ0) is 20.5. The average molecular weight is 504 g/mol. The van der Waals surface area contributed by atoms with Crippen molar-refractivity contribution in [2.24, 2.45) is 0 Å². The van der Waals surface area contributed by atoms with Crippen molar-refractivity contribution in [1.29, 1.82) is 5.26 Å². The largest absolute Gasteiger partial charge is 0.490 e. The van der Waals surface area contributed by atoms with Crippen molar-refractivity contribution in [3.63, 3.8) is 0 Å². The minimum Gasteiger partial charge on any atom is -0.490 e. The molecule has 0 atom stereocenters. The van der Waals surface area contributed by atoms with Gasteiger partial charge in [0, 0.05) is 14.6 Å². The Balaban J connectivity index is 2.34. The van der Waals surface area contributed by atoms with Crippen molar-refractivity contribution in [2.45, 2.75) is 6.92 Å². The van der Waals surface area contributed by atoms with Crippen LogP contribution in [0.4, 0.5) is 5.69 Å². The Bertz CT molecular complexity index is 988. The molecular formula is C21H16Br2N2O3. The van der Waals surface area contributed by atoms with Gasteiger partial charge in [0.05, 0.1) is 6.61 Å². The first-order chi connectivity index (χ1) is 13.5. The molecule has 5 nitrogen and oxygen atoms in total. The molecule has 2 aromatic carbocycles. The summed E-state index contributed by atoms with van der Waals surface area (Å²) in [5, 5.41) is 12.1. The van der Waals surface area contributed by atoms with Gasteiger partial charge < -0.3 is 14.8 Å². The Kier molecular flexibility index (Phi) is 8.13. The van der Waals surface area contributed by atoms with E-state index in [1.54, 1.807) is 30.3 Å². The number of terminal acetylenes is 1. The monoisotopic (exact) mass is 502 g/mol. The number of halogens is 2. The van der Waals surface area contributed by atoms with E-state index in [2.05, 4.69) is 43.1 Å². The molecule has 0 aliphatic carbocycles. The second kappa shape index (κ2) is 10.6. The predicted octanol–water partition coefficient (Wildman–Crippen LogP) is 5.17. The number of anilines is 1. The number of carbonyl (C=O) groups is 1. The van der Waals surface area contributed by atoms with Crippen LogP contribution in [0, 0.1) is 23.7 Å². The van der Waals surface area contributed by atoms with Crippen LogP contribution in [-0.2, 0) is 4.79 Å². The van der Waals surface area contributed by atoms with Crippen LogP contribution in [0.3, 0.4) is 0 Å². The van der Waals surface area contributed by atoms with Gasteiger partial charge in [0.2, 0.25) is 0 Å². The highest BCUT2D eigenvalue weighted by molar-refractivity contribution is 9.10. The van der Waals surface area contributed by atoms with E-state index >= 15 is 0 Å². The Morgan fingerprint density at radius 1 is 1.25 bits per heavy atom. The highest BCUT2D eigenvalue weighted by atomic mass is 79.9. The SMILES string of the molecule is C#CCOc1cc(Br)c(/C=C(/C#N)C(=O)Nc2cccc(Br)c2)cc1OCC. The normalized spacial score (nSPS) is 10.5. The van der Waals surface area contributed by atoms with Gasteiger partial charge in [-0.15, -0.1) is 6.42 Å². The first-order valence-corrected chi connectivity index (χ1v) is 9.78. The predicted molar refractivity (Wildman–Crippen MR) is 116 cm³/mol. The molecule has 0 spiro atoms. The summed E-state index contributed by atoms with van der Waals surface area (Å²) in [4.78, 5) is 12.5. The molecule has 0 saturated carbocycles. The number of rotatable bonds is 7. The van der Waals surface area contributed by atoms with E-state index in [1.165, 1.54) is 6.08 Å². The number of benzene rings is 2. The number of ether oxygens (including phenoxy) is 2. The van der Waals surface area contributed by atoms with Gasteiger partial charge >= 0.3 is 0 Å². The first kappa shape index (κ1) is 21.6. The number of hydrogen-bond acceptors (Lipinski definition) is 4. The first-order valence-electron chi connectivity index (χ1n) is 8.19.